The number of aliphatic carboxylic acids is 1. The fourth-order valence-electron chi connectivity index (χ4n) is 3.76. The van der Waals surface area contributed by atoms with Crippen molar-refractivity contribution in [2.75, 3.05) is 26.3 Å². The number of hydrogen-bond acceptors (Lipinski definition) is 5. The highest BCUT2D eigenvalue weighted by Crippen LogP contribution is 2.35. The second kappa shape index (κ2) is 11.4. The van der Waals surface area contributed by atoms with E-state index >= 15 is 0 Å². The number of carboxylic acids is 1. The predicted octanol–water partition coefficient (Wildman–Crippen LogP) is 3.20. The summed E-state index contributed by atoms with van der Waals surface area (Å²) in [4.78, 5) is 27.4. The van der Waals surface area contributed by atoms with E-state index in [9.17, 15) is 18.0 Å². The molecule has 7 nitrogen and oxygen atoms in total. The van der Waals surface area contributed by atoms with Crippen molar-refractivity contribution in [2.24, 2.45) is 11.8 Å². The number of nitrogens with zero attached hydrogens (tertiary/aromatic N) is 2. The summed E-state index contributed by atoms with van der Waals surface area (Å²) in [6.07, 6.45) is -2.30. The number of hydrogen-bond donors (Lipinski definition) is 1. The number of rotatable bonds is 7. The van der Waals surface area contributed by atoms with E-state index in [1.165, 1.54) is 0 Å². The first-order valence-corrected chi connectivity index (χ1v) is 10.3. The number of alkyl halides is 3. The molecule has 1 aromatic heterocycles. The molecule has 3 atom stereocenters. The Morgan fingerprint density at radius 1 is 1.32 bits per heavy atom. The van der Waals surface area contributed by atoms with Crippen LogP contribution in [-0.2, 0) is 25.7 Å². The van der Waals surface area contributed by atoms with Crippen molar-refractivity contribution in [1.29, 1.82) is 0 Å². The van der Waals surface area contributed by atoms with E-state index in [0.29, 0.717) is 24.9 Å². The van der Waals surface area contributed by atoms with Gasteiger partial charge in [0.2, 0.25) is 5.91 Å². The molecule has 10 heteroatoms. The monoisotopic (exact) mass is 446 g/mol. The van der Waals surface area contributed by atoms with Crippen LogP contribution in [-0.4, -0.2) is 65.5 Å². The number of likely N-dealkylation sites (tertiary alicyclic amines) is 1. The normalized spacial score (nSPS) is 22.6. The maximum absolute atomic E-state index is 12.1. The van der Waals surface area contributed by atoms with E-state index in [-0.39, 0.29) is 12.0 Å². The molecule has 2 fully saturated rings. The SMILES string of the molecule is CCCC(=O)N1C[C@H]2[C@@H](CCOCc3cccc(C)n3)CO[C@H]2C1.O=C(O)C(F)(F)F. The molecular weight excluding hydrogens is 417 g/mol. The number of carbonyl (C=O) groups excluding carboxylic acids is 1. The number of aromatic nitrogens is 1. The van der Waals surface area contributed by atoms with Crippen molar-refractivity contribution in [3.63, 3.8) is 0 Å². The molecule has 1 amide bonds. The Morgan fingerprint density at radius 3 is 2.65 bits per heavy atom. The van der Waals surface area contributed by atoms with Gasteiger partial charge in [0.05, 0.1) is 25.0 Å². The Bertz CT molecular complexity index is 744. The maximum atomic E-state index is 12.1. The van der Waals surface area contributed by atoms with Gasteiger partial charge in [-0.15, -0.1) is 0 Å². The van der Waals surface area contributed by atoms with Crippen LogP contribution in [0.2, 0.25) is 0 Å². The summed E-state index contributed by atoms with van der Waals surface area (Å²) < 4.78 is 43.5. The minimum Gasteiger partial charge on any atom is -0.475 e. The van der Waals surface area contributed by atoms with Crippen molar-refractivity contribution in [1.82, 2.24) is 9.88 Å². The molecule has 0 bridgehead atoms. The van der Waals surface area contributed by atoms with Gasteiger partial charge in [0.15, 0.2) is 0 Å². The summed E-state index contributed by atoms with van der Waals surface area (Å²) in [6, 6.07) is 6.00. The molecule has 0 radical (unpaired) electrons. The first kappa shape index (κ1) is 25.1. The molecule has 3 rings (SSSR count). The van der Waals surface area contributed by atoms with Crippen molar-refractivity contribution in [2.45, 2.75) is 52.0 Å². The molecule has 0 aromatic carbocycles. The number of amides is 1. The summed E-state index contributed by atoms with van der Waals surface area (Å²) in [6.45, 7) is 7.75. The lowest BCUT2D eigenvalue weighted by Gasteiger charge is -2.19. The smallest absolute Gasteiger partial charge is 0.475 e. The molecule has 1 aromatic rings. The number of halogens is 3. The van der Waals surface area contributed by atoms with Gasteiger partial charge in [0.1, 0.15) is 0 Å². The molecule has 3 heterocycles. The zero-order valence-electron chi connectivity index (χ0n) is 17.7. The highest BCUT2D eigenvalue weighted by molar-refractivity contribution is 5.76. The number of aryl methyl sites for hydroxylation is 1. The van der Waals surface area contributed by atoms with Crippen molar-refractivity contribution >= 4 is 11.9 Å². The molecule has 31 heavy (non-hydrogen) atoms. The zero-order valence-corrected chi connectivity index (χ0v) is 17.7. The fourth-order valence-corrected chi connectivity index (χ4v) is 3.76. The highest BCUT2D eigenvalue weighted by Gasteiger charge is 2.44. The van der Waals surface area contributed by atoms with Gasteiger partial charge >= 0.3 is 12.1 Å². The van der Waals surface area contributed by atoms with Crippen LogP contribution in [0.15, 0.2) is 18.2 Å². The van der Waals surface area contributed by atoms with E-state index < -0.39 is 12.1 Å². The zero-order chi connectivity index (χ0) is 23.0. The second-order valence-electron chi connectivity index (χ2n) is 7.76. The first-order valence-electron chi connectivity index (χ1n) is 10.3. The van der Waals surface area contributed by atoms with Gasteiger partial charge in [-0.05, 0) is 37.8 Å². The third-order valence-electron chi connectivity index (χ3n) is 5.33. The lowest BCUT2D eigenvalue weighted by Crippen LogP contribution is -2.31. The van der Waals surface area contributed by atoms with Crippen LogP contribution in [0.25, 0.3) is 0 Å². The van der Waals surface area contributed by atoms with Crippen LogP contribution in [0.3, 0.4) is 0 Å². The molecule has 1 N–H and O–H groups in total. The van der Waals surface area contributed by atoms with E-state index in [2.05, 4.69) is 11.9 Å². The molecule has 0 spiro atoms. The molecular formula is C21H29F3N2O5. The van der Waals surface area contributed by atoms with E-state index in [0.717, 1.165) is 50.5 Å². The molecule has 174 valence electrons. The minimum atomic E-state index is -5.08. The Kier molecular flexibility index (Phi) is 9.24. The topological polar surface area (TPSA) is 89.0 Å². The third-order valence-corrected chi connectivity index (χ3v) is 5.33. The number of fused-ring (bicyclic) bond motifs is 1. The molecule has 2 aliphatic rings. The number of pyridine rings is 1. The predicted molar refractivity (Wildman–Crippen MR) is 105 cm³/mol. The van der Waals surface area contributed by atoms with Crippen LogP contribution in [0, 0.1) is 18.8 Å². The minimum absolute atomic E-state index is 0.231. The van der Waals surface area contributed by atoms with E-state index in [1.54, 1.807) is 0 Å². The van der Waals surface area contributed by atoms with Crippen LogP contribution in [0.4, 0.5) is 13.2 Å². The molecule has 0 saturated carbocycles. The van der Waals surface area contributed by atoms with Gasteiger partial charge < -0.3 is 19.5 Å². The quantitative estimate of drug-likeness (QED) is 0.647. The lowest BCUT2D eigenvalue weighted by molar-refractivity contribution is -0.192. The summed E-state index contributed by atoms with van der Waals surface area (Å²) in [5.74, 6) is -1.50. The summed E-state index contributed by atoms with van der Waals surface area (Å²) in [5, 5.41) is 7.12. The van der Waals surface area contributed by atoms with Crippen molar-refractivity contribution in [3.05, 3.63) is 29.6 Å². The Labute approximate surface area is 179 Å². The Hall–Kier alpha value is -2.20. The number of ether oxygens (including phenoxy) is 2. The van der Waals surface area contributed by atoms with Crippen LogP contribution < -0.4 is 0 Å². The van der Waals surface area contributed by atoms with Crippen molar-refractivity contribution in [3.8, 4) is 0 Å². The van der Waals surface area contributed by atoms with Gasteiger partial charge in [-0.2, -0.15) is 13.2 Å². The third kappa shape index (κ3) is 7.77. The van der Waals surface area contributed by atoms with Gasteiger partial charge in [-0.3, -0.25) is 9.78 Å². The molecule has 0 unspecified atom stereocenters. The molecule has 2 aliphatic heterocycles. The first-order chi connectivity index (χ1) is 14.6. The van der Waals surface area contributed by atoms with Gasteiger partial charge in [-0.1, -0.05) is 13.0 Å². The van der Waals surface area contributed by atoms with E-state index in [1.807, 2.05) is 30.0 Å². The van der Waals surface area contributed by atoms with Crippen molar-refractivity contribution < 1.29 is 37.3 Å². The molecule has 0 aliphatic carbocycles. The largest absolute Gasteiger partial charge is 0.490 e. The Morgan fingerprint density at radius 2 is 2.03 bits per heavy atom. The summed E-state index contributed by atoms with van der Waals surface area (Å²) in [7, 11) is 0. The fraction of sp³-hybridized carbons (Fsp3) is 0.667. The average molecular weight is 446 g/mol. The van der Waals surface area contributed by atoms with Crippen LogP contribution in [0.1, 0.15) is 37.6 Å². The second-order valence-corrected chi connectivity index (χ2v) is 7.76. The van der Waals surface area contributed by atoms with E-state index in [4.69, 9.17) is 19.4 Å². The van der Waals surface area contributed by atoms with Crippen LogP contribution >= 0.6 is 0 Å². The van der Waals surface area contributed by atoms with Gasteiger partial charge in [0.25, 0.3) is 0 Å². The Balaban J connectivity index is 0.000000423. The summed E-state index contributed by atoms with van der Waals surface area (Å²) in [5.41, 5.74) is 2.00. The highest BCUT2D eigenvalue weighted by atomic mass is 19.4. The number of carboxylic acid groups (broad SMARTS) is 1. The maximum Gasteiger partial charge on any atom is 0.490 e. The van der Waals surface area contributed by atoms with Gasteiger partial charge in [-0.25, -0.2) is 4.79 Å². The summed E-state index contributed by atoms with van der Waals surface area (Å²) >= 11 is 0. The van der Waals surface area contributed by atoms with Gasteiger partial charge in [0, 0.05) is 37.7 Å². The lowest BCUT2D eigenvalue weighted by atomic mass is 9.91. The standard InChI is InChI=1S/C19H28N2O3.C2HF3O2/c1-3-5-19(22)21-10-17-15(12-24-18(17)11-21)8-9-23-13-16-7-4-6-14(2)20-16;3-2(4,5)1(6)7/h4,6-7,15,17-18H,3,5,8-13H2,1-2H3;(H,6,7)/t15-,17-,18-;/m0./s1. The van der Waals surface area contributed by atoms with Crippen LogP contribution in [0.5, 0.6) is 0 Å². The molecule has 2 saturated heterocycles. The number of carbonyl (C=O) groups is 2. The average Bonchev–Trinajstić information content (AvgIpc) is 3.27.